The van der Waals surface area contributed by atoms with Crippen molar-refractivity contribution in [2.75, 3.05) is 0 Å². The highest BCUT2D eigenvalue weighted by atomic mass is 32.1. The van der Waals surface area contributed by atoms with Gasteiger partial charge < -0.3 is 10.1 Å². The van der Waals surface area contributed by atoms with E-state index in [0.717, 1.165) is 38.9 Å². The van der Waals surface area contributed by atoms with Crippen molar-refractivity contribution in [1.82, 2.24) is 15.2 Å². The number of H-pyrrole nitrogens is 2. The minimum absolute atomic E-state index is 0.0571. The van der Waals surface area contributed by atoms with Crippen LogP contribution in [0.15, 0.2) is 23.3 Å². The normalized spacial score (nSPS) is 21.0. The predicted octanol–water partition coefficient (Wildman–Crippen LogP) is 3.16. The van der Waals surface area contributed by atoms with E-state index in [1.165, 1.54) is 11.3 Å². The first kappa shape index (κ1) is 14.7. The lowest BCUT2D eigenvalue weighted by atomic mass is 9.75. The number of rotatable bonds is 2. The van der Waals surface area contributed by atoms with E-state index in [4.69, 9.17) is 0 Å². The van der Waals surface area contributed by atoms with Crippen LogP contribution in [0.4, 0.5) is 0 Å². The molecular weight excluding hydrogens is 310 g/mol. The molecule has 0 amide bonds. The Kier molecular flexibility index (Phi) is 3.21. The van der Waals surface area contributed by atoms with Gasteiger partial charge in [-0.05, 0) is 36.8 Å². The summed E-state index contributed by atoms with van der Waals surface area (Å²) in [5, 5.41) is 18.9. The fraction of sp³-hybridized carbons (Fsp3) is 0.412. The van der Waals surface area contributed by atoms with Crippen LogP contribution < -0.4 is 5.56 Å². The Balaban J connectivity index is 2.01. The Morgan fingerprint density at radius 1 is 1.43 bits per heavy atom. The van der Waals surface area contributed by atoms with Gasteiger partial charge in [0.15, 0.2) is 0 Å². The average molecular weight is 329 g/mol. The van der Waals surface area contributed by atoms with Gasteiger partial charge in [0.2, 0.25) is 0 Å². The number of hydrogen-bond acceptors (Lipinski definition) is 4. The van der Waals surface area contributed by atoms with Crippen molar-refractivity contribution in [1.29, 1.82) is 0 Å². The largest absolute Gasteiger partial charge is 0.383 e. The standard InChI is InChI=1S/C17H19N3O2S/c1-9(2)17(22)5-3-4-11-12-6-13(10-7-18-19-8-10)23-14(12)16(21)20-15(11)17/h6-9,22H,3-5H2,1-2H3,(H,18,19)(H,20,21)/t17-/m0/s1. The van der Waals surface area contributed by atoms with Crippen LogP contribution >= 0.6 is 11.3 Å². The summed E-state index contributed by atoms with van der Waals surface area (Å²) >= 11 is 1.48. The van der Waals surface area contributed by atoms with Crippen molar-refractivity contribution < 1.29 is 5.11 Å². The summed E-state index contributed by atoms with van der Waals surface area (Å²) < 4.78 is 0.730. The summed E-state index contributed by atoms with van der Waals surface area (Å²) in [6.07, 6.45) is 6.10. The third-order valence-corrected chi connectivity index (χ3v) is 6.14. The zero-order valence-corrected chi connectivity index (χ0v) is 14.0. The number of hydrogen-bond donors (Lipinski definition) is 3. The van der Waals surface area contributed by atoms with Gasteiger partial charge in [-0.3, -0.25) is 9.89 Å². The molecule has 3 aromatic rings. The van der Waals surface area contributed by atoms with Gasteiger partial charge in [-0.2, -0.15) is 5.10 Å². The smallest absolute Gasteiger partial charge is 0.266 e. The molecule has 3 N–H and O–H groups in total. The first-order chi connectivity index (χ1) is 11.0. The molecule has 1 aliphatic rings. The molecule has 0 fully saturated rings. The van der Waals surface area contributed by atoms with Crippen molar-refractivity contribution in [2.24, 2.45) is 5.92 Å². The van der Waals surface area contributed by atoms with Crippen LogP contribution in [0.3, 0.4) is 0 Å². The molecule has 0 unspecified atom stereocenters. The molecule has 0 spiro atoms. The van der Waals surface area contributed by atoms with Crippen molar-refractivity contribution in [3.8, 4) is 10.4 Å². The topological polar surface area (TPSA) is 81.8 Å². The number of nitrogens with one attached hydrogen (secondary N) is 2. The second kappa shape index (κ2) is 5.04. The van der Waals surface area contributed by atoms with Crippen LogP contribution in [0.5, 0.6) is 0 Å². The number of aromatic nitrogens is 3. The summed E-state index contributed by atoms with van der Waals surface area (Å²) in [6.45, 7) is 4.00. The number of aromatic amines is 2. The monoisotopic (exact) mass is 329 g/mol. The Bertz CT molecular complexity index is 923. The Labute approximate surface area is 137 Å². The molecule has 0 saturated carbocycles. The van der Waals surface area contributed by atoms with Gasteiger partial charge in [0.05, 0.1) is 11.9 Å². The number of thiophene rings is 1. The lowest BCUT2D eigenvalue weighted by molar-refractivity contribution is -0.0301. The van der Waals surface area contributed by atoms with Crippen LogP contribution in [0.2, 0.25) is 0 Å². The maximum absolute atomic E-state index is 12.6. The van der Waals surface area contributed by atoms with E-state index >= 15 is 0 Å². The van der Waals surface area contributed by atoms with Crippen LogP contribution in [-0.4, -0.2) is 20.3 Å². The van der Waals surface area contributed by atoms with Gasteiger partial charge in [-0.1, -0.05) is 13.8 Å². The van der Waals surface area contributed by atoms with E-state index in [0.29, 0.717) is 12.1 Å². The fourth-order valence-electron chi connectivity index (χ4n) is 3.56. The second-order valence-electron chi connectivity index (χ2n) is 6.58. The number of pyridine rings is 1. The van der Waals surface area contributed by atoms with Crippen molar-refractivity contribution in [2.45, 2.75) is 38.7 Å². The Morgan fingerprint density at radius 3 is 2.96 bits per heavy atom. The minimum Gasteiger partial charge on any atom is -0.383 e. The molecule has 23 heavy (non-hydrogen) atoms. The first-order valence-electron chi connectivity index (χ1n) is 7.91. The quantitative estimate of drug-likeness (QED) is 0.675. The summed E-state index contributed by atoms with van der Waals surface area (Å²) in [6, 6.07) is 2.06. The molecule has 1 atom stereocenters. The van der Waals surface area contributed by atoms with E-state index < -0.39 is 5.60 Å². The zero-order valence-electron chi connectivity index (χ0n) is 13.1. The fourth-order valence-corrected chi connectivity index (χ4v) is 4.62. The highest BCUT2D eigenvalue weighted by Gasteiger charge is 2.39. The maximum atomic E-state index is 12.6. The molecule has 5 nitrogen and oxygen atoms in total. The molecule has 6 heteroatoms. The lowest BCUT2D eigenvalue weighted by Crippen LogP contribution is -2.38. The molecule has 0 radical (unpaired) electrons. The third-order valence-electron chi connectivity index (χ3n) is 4.96. The van der Waals surface area contributed by atoms with Crippen LogP contribution in [-0.2, 0) is 12.0 Å². The second-order valence-corrected chi connectivity index (χ2v) is 7.63. The molecular formula is C17H19N3O2S. The van der Waals surface area contributed by atoms with E-state index in [-0.39, 0.29) is 11.5 Å². The molecule has 0 bridgehead atoms. The van der Waals surface area contributed by atoms with Gasteiger partial charge in [-0.15, -0.1) is 11.3 Å². The predicted molar refractivity (Wildman–Crippen MR) is 91.7 cm³/mol. The molecule has 3 heterocycles. The van der Waals surface area contributed by atoms with Crippen LogP contribution in [0.25, 0.3) is 20.5 Å². The SMILES string of the molecule is CC(C)[C@@]1(O)CCCc2c1[nH]c(=O)c1sc(-c3cn[nH]c3)cc21. The van der Waals surface area contributed by atoms with Gasteiger partial charge in [0.1, 0.15) is 10.3 Å². The summed E-state index contributed by atoms with van der Waals surface area (Å²) in [4.78, 5) is 16.6. The highest BCUT2D eigenvalue weighted by molar-refractivity contribution is 7.22. The molecule has 0 saturated heterocycles. The number of fused-ring (bicyclic) bond motifs is 3. The van der Waals surface area contributed by atoms with E-state index in [1.54, 1.807) is 6.20 Å². The minimum atomic E-state index is -0.946. The van der Waals surface area contributed by atoms with Crippen LogP contribution in [0, 0.1) is 5.92 Å². The van der Waals surface area contributed by atoms with Crippen molar-refractivity contribution in [3.63, 3.8) is 0 Å². The van der Waals surface area contributed by atoms with Gasteiger partial charge in [-0.25, -0.2) is 0 Å². The van der Waals surface area contributed by atoms with E-state index in [2.05, 4.69) is 21.2 Å². The third kappa shape index (κ3) is 2.09. The number of aliphatic hydroxyl groups is 1. The Hall–Kier alpha value is -1.92. The molecule has 1 aliphatic carbocycles. The summed E-state index contributed by atoms with van der Waals surface area (Å²) in [7, 11) is 0. The van der Waals surface area contributed by atoms with E-state index in [1.807, 2.05) is 20.0 Å². The molecule has 4 rings (SSSR count). The molecule has 120 valence electrons. The summed E-state index contributed by atoms with van der Waals surface area (Å²) in [5.41, 5.74) is 1.73. The molecule has 3 aromatic heterocycles. The summed E-state index contributed by atoms with van der Waals surface area (Å²) in [5.74, 6) is 0.0571. The van der Waals surface area contributed by atoms with Crippen molar-refractivity contribution in [3.05, 3.63) is 40.1 Å². The number of aryl methyl sites for hydroxylation is 1. The Morgan fingerprint density at radius 2 is 2.26 bits per heavy atom. The first-order valence-corrected chi connectivity index (χ1v) is 8.73. The van der Waals surface area contributed by atoms with Gasteiger partial charge in [0, 0.05) is 22.0 Å². The number of nitrogens with zero attached hydrogens (tertiary/aromatic N) is 1. The highest BCUT2D eigenvalue weighted by Crippen LogP contribution is 2.43. The molecule has 0 aromatic carbocycles. The van der Waals surface area contributed by atoms with Gasteiger partial charge in [0.25, 0.3) is 5.56 Å². The van der Waals surface area contributed by atoms with Crippen LogP contribution in [0.1, 0.15) is 37.9 Å². The van der Waals surface area contributed by atoms with E-state index in [9.17, 15) is 9.90 Å². The molecule has 0 aliphatic heterocycles. The maximum Gasteiger partial charge on any atom is 0.266 e. The van der Waals surface area contributed by atoms with Gasteiger partial charge >= 0.3 is 0 Å². The average Bonchev–Trinajstić information content (AvgIpc) is 3.17. The lowest BCUT2D eigenvalue weighted by Gasteiger charge is -2.37. The van der Waals surface area contributed by atoms with Crippen molar-refractivity contribution >= 4 is 21.4 Å². The zero-order chi connectivity index (χ0) is 16.2.